The van der Waals surface area contributed by atoms with Crippen LogP contribution in [0.4, 0.5) is 5.69 Å². The molecule has 0 aromatic carbocycles. The molecular weight excluding hydrogens is 394 g/mol. The molecule has 0 radical (unpaired) electrons. The van der Waals surface area contributed by atoms with Gasteiger partial charge in [-0.25, -0.2) is 4.98 Å². The minimum absolute atomic E-state index is 0.239. The van der Waals surface area contributed by atoms with Gasteiger partial charge in [-0.05, 0) is 44.3 Å². The Kier molecular flexibility index (Phi) is 6.24. The first-order valence-corrected chi connectivity index (χ1v) is 10.4. The maximum absolute atomic E-state index is 12.6. The number of aromatic nitrogens is 4. The number of amides is 1. The third-order valence-electron chi connectivity index (χ3n) is 5.26. The summed E-state index contributed by atoms with van der Waals surface area (Å²) in [5, 5.41) is 20.9. The summed E-state index contributed by atoms with van der Waals surface area (Å²) in [6.07, 6.45) is 4.05. The quantitative estimate of drug-likeness (QED) is 0.506. The SMILES string of the molecule is CN1CCCNC(=O)c2nn(C)cc2NC(O)c2cccc(n2)-c2ccc(nc2)CC1. The van der Waals surface area contributed by atoms with E-state index in [2.05, 4.69) is 37.6 Å². The molecule has 0 saturated carbocycles. The van der Waals surface area contributed by atoms with E-state index in [1.165, 1.54) is 0 Å². The highest BCUT2D eigenvalue weighted by Crippen LogP contribution is 2.22. The lowest BCUT2D eigenvalue weighted by Crippen LogP contribution is -2.30. The lowest BCUT2D eigenvalue weighted by Gasteiger charge is -2.16. The van der Waals surface area contributed by atoms with Crippen LogP contribution in [0.25, 0.3) is 11.3 Å². The number of aryl methyl sites for hydroxylation is 1. The first-order valence-electron chi connectivity index (χ1n) is 10.4. The Morgan fingerprint density at radius 2 is 2.03 bits per heavy atom. The zero-order chi connectivity index (χ0) is 21.8. The first kappa shape index (κ1) is 21.0. The predicted octanol–water partition coefficient (Wildman–Crippen LogP) is 1.59. The number of pyridine rings is 2. The van der Waals surface area contributed by atoms with E-state index in [4.69, 9.17) is 0 Å². The summed E-state index contributed by atoms with van der Waals surface area (Å²) < 4.78 is 1.54. The minimum atomic E-state index is -1.10. The van der Waals surface area contributed by atoms with Crippen LogP contribution in [0.5, 0.6) is 0 Å². The second-order valence-corrected chi connectivity index (χ2v) is 7.76. The molecule has 162 valence electrons. The summed E-state index contributed by atoms with van der Waals surface area (Å²) in [7, 11) is 3.80. The molecule has 1 atom stereocenters. The lowest BCUT2D eigenvalue weighted by atomic mass is 10.1. The van der Waals surface area contributed by atoms with E-state index in [1.54, 1.807) is 24.0 Å². The van der Waals surface area contributed by atoms with E-state index >= 15 is 0 Å². The molecule has 5 rings (SSSR count). The number of nitrogens with one attached hydrogen (secondary N) is 2. The van der Waals surface area contributed by atoms with Gasteiger partial charge in [-0.2, -0.15) is 5.10 Å². The number of hydrogen-bond acceptors (Lipinski definition) is 7. The van der Waals surface area contributed by atoms with E-state index in [-0.39, 0.29) is 11.6 Å². The molecule has 3 aromatic rings. The van der Waals surface area contributed by atoms with Crippen molar-refractivity contribution in [2.45, 2.75) is 19.1 Å². The molecule has 0 aliphatic carbocycles. The molecule has 9 nitrogen and oxygen atoms in total. The molecule has 0 spiro atoms. The second-order valence-electron chi connectivity index (χ2n) is 7.76. The van der Waals surface area contributed by atoms with E-state index in [0.717, 1.165) is 42.9 Å². The Balaban J connectivity index is 1.65. The van der Waals surface area contributed by atoms with Crippen molar-refractivity contribution in [1.29, 1.82) is 0 Å². The Labute approximate surface area is 181 Å². The van der Waals surface area contributed by atoms with Crippen LogP contribution in [0.3, 0.4) is 0 Å². The van der Waals surface area contributed by atoms with Gasteiger partial charge in [-0.15, -0.1) is 0 Å². The summed E-state index contributed by atoms with van der Waals surface area (Å²) in [5.41, 5.74) is 3.74. The van der Waals surface area contributed by atoms with Crippen molar-refractivity contribution in [3.63, 3.8) is 0 Å². The smallest absolute Gasteiger partial charge is 0.273 e. The van der Waals surface area contributed by atoms with Gasteiger partial charge in [-0.1, -0.05) is 6.07 Å². The largest absolute Gasteiger partial charge is 0.368 e. The van der Waals surface area contributed by atoms with Crippen LogP contribution in [0.15, 0.2) is 42.7 Å². The molecule has 4 bridgehead atoms. The molecule has 31 heavy (non-hydrogen) atoms. The third kappa shape index (κ3) is 5.07. The van der Waals surface area contributed by atoms with E-state index in [0.29, 0.717) is 17.9 Å². The number of aliphatic hydroxyl groups excluding tert-OH is 1. The number of rotatable bonds is 0. The number of hydrogen-bond donors (Lipinski definition) is 3. The van der Waals surface area contributed by atoms with E-state index in [1.807, 2.05) is 30.5 Å². The van der Waals surface area contributed by atoms with Gasteiger partial charge < -0.3 is 20.6 Å². The normalized spacial score (nSPS) is 18.3. The molecule has 3 N–H and O–H groups in total. The van der Waals surface area contributed by atoms with Crippen molar-refractivity contribution in [3.05, 3.63) is 59.8 Å². The zero-order valence-electron chi connectivity index (χ0n) is 17.7. The number of carbonyl (C=O) groups excluding carboxylic acids is 1. The summed E-state index contributed by atoms with van der Waals surface area (Å²) in [6, 6.07) is 9.47. The Morgan fingerprint density at radius 3 is 2.84 bits per heavy atom. The maximum Gasteiger partial charge on any atom is 0.273 e. The monoisotopic (exact) mass is 421 g/mol. The fourth-order valence-electron chi connectivity index (χ4n) is 3.52. The summed E-state index contributed by atoms with van der Waals surface area (Å²) in [4.78, 5) is 24.0. The zero-order valence-corrected chi connectivity index (χ0v) is 17.7. The molecule has 2 aliphatic rings. The summed E-state index contributed by atoms with van der Waals surface area (Å²) >= 11 is 0. The average Bonchev–Trinajstić information content (AvgIpc) is 3.15. The Bertz CT molecular complexity index is 1050. The van der Waals surface area contributed by atoms with Crippen LogP contribution in [-0.2, 0) is 13.5 Å². The highest BCUT2D eigenvalue weighted by Gasteiger charge is 2.19. The van der Waals surface area contributed by atoms with Crippen LogP contribution in [0.1, 0.15) is 34.5 Å². The van der Waals surface area contributed by atoms with Gasteiger partial charge in [0.05, 0.1) is 17.1 Å². The lowest BCUT2D eigenvalue weighted by molar-refractivity contribution is 0.0947. The summed E-state index contributed by atoms with van der Waals surface area (Å²) in [5.74, 6) is -0.278. The van der Waals surface area contributed by atoms with Gasteiger partial charge in [0.25, 0.3) is 5.91 Å². The van der Waals surface area contributed by atoms with Crippen LogP contribution in [-0.4, -0.2) is 62.3 Å². The topological polar surface area (TPSA) is 108 Å². The number of carbonyl (C=O) groups is 1. The maximum atomic E-state index is 12.6. The fourth-order valence-corrected chi connectivity index (χ4v) is 3.52. The van der Waals surface area contributed by atoms with E-state index in [9.17, 15) is 9.90 Å². The van der Waals surface area contributed by atoms with Crippen molar-refractivity contribution >= 4 is 11.6 Å². The van der Waals surface area contributed by atoms with Gasteiger partial charge in [0.1, 0.15) is 0 Å². The van der Waals surface area contributed by atoms with Crippen molar-refractivity contribution in [3.8, 4) is 11.3 Å². The molecule has 9 heteroatoms. The van der Waals surface area contributed by atoms with Gasteiger partial charge in [-0.3, -0.25) is 14.5 Å². The van der Waals surface area contributed by atoms with Crippen LogP contribution in [0.2, 0.25) is 0 Å². The number of likely N-dealkylation sites (N-methyl/N-ethyl adjacent to an activating group) is 1. The minimum Gasteiger partial charge on any atom is -0.368 e. The number of aliphatic hydroxyl groups is 1. The Morgan fingerprint density at radius 1 is 1.16 bits per heavy atom. The highest BCUT2D eigenvalue weighted by atomic mass is 16.3. The molecular formula is C22H27N7O2. The average molecular weight is 422 g/mol. The van der Waals surface area contributed by atoms with Crippen LogP contribution < -0.4 is 10.6 Å². The number of anilines is 1. The second kappa shape index (κ2) is 9.23. The number of fused-ring (bicyclic) bond motifs is 10. The third-order valence-corrected chi connectivity index (χ3v) is 5.26. The fraction of sp³-hybridized carbons (Fsp3) is 0.364. The predicted molar refractivity (Wildman–Crippen MR) is 117 cm³/mol. The van der Waals surface area contributed by atoms with Crippen LogP contribution in [0, 0.1) is 0 Å². The van der Waals surface area contributed by atoms with Gasteiger partial charge in [0.15, 0.2) is 11.9 Å². The van der Waals surface area contributed by atoms with Gasteiger partial charge in [0.2, 0.25) is 0 Å². The molecule has 0 saturated heterocycles. The van der Waals surface area contributed by atoms with Crippen molar-refractivity contribution < 1.29 is 9.90 Å². The molecule has 1 amide bonds. The molecule has 2 aliphatic heterocycles. The van der Waals surface area contributed by atoms with Crippen molar-refractivity contribution in [2.24, 2.45) is 7.05 Å². The highest BCUT2D eigenvalue weighted by molar-refractivity contribution is 5.97. The Hall–Kier alpha value is -3.30. The van der Waals surface area contributed by atoms with Crippen LogP contribution >= 0.6 is 0 Å². The molecule has 3 aromatic heterocycles. The summed E-state index contributed by atoms with van der Waals surface area (Å²) in [6.45, 7) is 2.28. The first-order chi connectivity index (χ1) is 15.0. The standard InChI is InChI=1S/C22H27N7O2/c1-28-11-4-10-23-22(31)20-19(14-29(2)27-20)26-21(30)18-6-3-5-17(25-18)15-7-8-16(9-12-28)24-13-15/h3,5-8,13-14,21,26,30H,4,9-12H2,1-2H3,(H,23,31). The van der Waals surface area contributed by atoms with Crippen molar-refractivity contribution in [2.75, 3.05) is 32.0 Å². The molecule has 1 unspecified atom stereocenters. The van der Waals surface area contributed by atoms with Gasteiger partial charge >= 0.3 is 0 Å². The van der Waals surface area contributed by atoms with Crippen molar-refractivity contribution in [1.82, 2.24) is 30.0 Å². The number of nitrogens with zero attached hydrogens (tertiary/aromatic N) is 5. The van der Waals surface area contributed by atoms with E-state index < -0.39 is 6.23 Å². The van der Waals surface area contributed by atoms with Gasteiger partial charge in [0, 0.05) is 50.2 Å². The molecule has 5 heterocycles. The molecule has 0 fully saturated rings.